The zero-order chi connectivity index (χ0) is 12.5. The molecule has 0 heterocycles. The third-order valence-corrected chi connectivity index (χ3v) is 3.56. The first kappa shape index (κ1) is 11.2. The van der Waals surface area contributed by atoms with Crippen LogP contribution in [0.15, 0.2) is 36.4 Å². The Balaban J connectivity index is 2.00. The predicted molar refractivity (Wildman–Crippen MR) is 69.0 cm³/mol. The molecule has 0 atom stereocenters. The Morgan fingerprint density at radius 3 is 2.50 bits per heavy atom. The van der Waals surface area contributed by atoms with Gasteiger partial charge in [-0.25, -0.2) is 4.39 Å². The standard InChI is InChI=1S/C15H14FNO/c16-14-9-8-13(11-6-1-2-7-12(11)14)15(18)17-10-4-3-5-10/h1-2,6-10H,3-5H2,(H,17,18). The minimum atomic E-state index is -0.286. The number of benzene rings is 2. The average Bonchev–Trinajstić information content (AvgIpc) is 2.34. The van der Waals surface area contributed by atoms with E-state index in [-0.39, 0.29) is 11.7 Å². The van der Waals surface area contributed by atoms with E-state index in [4.69, 9.17) is 0 Å². The molecule has 1 fully saturated rings. The van der Waals surface area contributed by atoms with Gasteiger partial charge in [-0.05, 0) is 36.8 Å². The van der Waals surface area contributed by atoms with Crippen molar-refractivity contribution in [1.82, 2.24) is 5.32 Å². The number of fused-ring (bicyclic) bond motifs is 1. The Morgan fingerprint density at radius 2 is 1.83 bits per heavy atom. The van der Waals surface area contributed by atoms with Crippen LogP contribution in [0.1, 0.15) is 29.6 Å². The first-order valence-electron chi connectivity index (χ1n) is 6.24. The Hall–Kier alpha value is -1.90. The van der Waals surface area contributed by atoms with Crippen molar-refractivity contribution in [3.05, 3.63) is 47.8 Å². The molecule has 18 heavy (non-hydrogen) atoms. The molecule has 2 aromatic carbocycles. The van der Waals surface area contributed by atoms with E-state index in [1.165, 1.54) is 12.5 Å². The number of nitrogens with one attached hydrogen (secondary N) is 1. The Kier molecular flexibility index (Phi) is 2.74. The van der Waals surface area contributed by atoms with Gasteiger partial charge in [0.25, 0.3) is 5.91 Å². The SMILES string of the molecule is O=C(NC1CCC1)c1ccc(F)c2ccccc12. The molecular formula is C15H14FNO. The molecule has 2 nitrogen and oxygen atoms in total. The van der Waals surface area contributed by atoms with Gasteiger partial charge in [0.1, 0.15) is 5.82 Å². The van der Waals surface area contributed by atoms with E-state index in [0.717, 1.165) is 12.8 Å². The van der Waals surface area contributed by atoms with E-state index < -0.39 is 0 Å². The molecule has 1 amide bonds. The fourth-order valence-corrected chi connectivity index (χ4v) is 2.28. The third-order valence-electron chi connectivity index (χ3n) is 3.56. The lowest BCUT2D eigenvalue weighted by Crippen LogP contribution is -2.39. The summed E-state index contributed by atoms with van der Waals surface area (Å²) in [7, 11) is 0. The van der Waals surface area contributed by atoms with Crippen LogP contribution in [0, 0.1) is 5.82 Å². The molecule has 3 rings (SSSR count). The maximum atomic E-state index is 13.6. The van der Waals surface area contributed by atoms with Crippen LogP contribution < -0.4 is 5.32 Å². The van der Waals surface area contributed by atoms with Gasteiger partial charge in [-0.3, -0.25) is 4.79 Å². The van der Waals surface area contributed by atoms with Crippen LogP contribution in [0.2, 0.25) is 0 Å². The average molecular weight is 243 g/mol. The molecule has 1 aliphatic carbocycles. The highest BCUT2D eigenvalue weighted by atomic mass is 19.1. The van der Waals surface area contributed by atoms with E-state index in [9.17, 15) is 9.18 Å². The second-order valence-corrected chi connectivity index (χ2v) is 4.74. The smallest absolute Gasteiger partial charge is 0.252 e. The summed E-state index contributed by atoms with van der Waals surface area (Å²) in [6.07, 6.45) is 3.27. The molecule has 0 unspecified atom stereocenters. The molecule has 2 aromatic rings. The summed E-state index contributed by atoms with van der Waals surface area (Å²) in [4.78, 5) is 12.1. The van der Waals surface area contributed by atoms with Crippen LogP contribution in [-0.4, -0.2) is 11.9 Å². The van der Waals surface area contributed by atoms with Crippen LogP contribution in [0.3, 0.4) is 0 Å². The molecule has 1 N–H and O–H groups in total. The van der Waals surface area contributed by atoms with Gasteiger partial charge >= 0.3 is 0 Å². The van der Waals surface area contributed by atoms with E-state index in [1.807, 2.05) is 6.07 Å². The molecule has 1 saturated carbocycles. The topological polar surface area (TPSA) is 29.1 Å². The molecule has 1 aliphatic rings. The molecule has 0 aliphatic heterocycles. The van der Waals surface area contributed by atoms with Crippen molar-refractivity contribution >= 4 is 16.7 Å². The van der Waals surface area contributed by atoms with Crippen molar-refractivity contribution in [3.8, 4) is 0 Å². The fraction of sp³-hybridized carbons (Fsp3) is 0.267. The van der Waals surface area contributed by atoms with E-state index >= 15 is 0 Å². The molecule has 0 spiro atoms. The molecule has 0 aromatic heterocycles. The number of amides is 1. The van der Waals surface area contributed by atoms with Gasteiger partial charge in [-0.2, -0.15) is 0 Å². The van der Waals surface area contributed by atoms with Crippen molar-refractivity contribution in [3.63, 3.8) is 0 Å². The molecule has 0 bridgehead atoms. The summed E-state index contributed by atoms with van der Waals surface area (Å²) < 4.78 is 13.6. The van der Waals surface area contributed by atoms with E-state index in [0.29, 0.717) is 22.4 Å². The van der Waals surface area contributed by atoms with Crippen LogP contribution in [0.5, 0.6) is 0 Å². The largest absolute Gasteiger partial charge is 0.349 e. The second-order valence-electron chi connectivity index (χ2n) is 4.74. The molecule has 0 radical (unpaired) electrons. The van der Waals surface area contributed by atoms with Gasteiger partial charge in [0, 0.05) is 17.0 Å². The maximum absolute atomic E-state index is 13.6. The van der Waals surface area contributed by atoms with Gasteiger partial charge in [0.15, 0.2) is 0 Å². The highest BCUT2D eigenvalue weighted by Gasteiger charge is 2.21. The summed E-state index contributed by atoms with van der Waals surface area (Å²) in [5, 5.41) is 4.16. The van der Waals surface area contributed by atoms with Gasteiger partial charge in [0.05, 0.1) is 0 Å². The quantitative estimate of drug-likeness (QED) is 0.861. The van der Waals surface area contributed by atoms with E-state index in [1.54, 1.807) is 24.3 Å². The van der Waals surface area contributed by atoms with Gasteiger partial charge < -0.3 is 5.32 Å². The third kappa shape index (κ3) is 1.86. The first-order valence-corrected chi connectivity index (χ1v) is 6.24. The van der Waals surface area contributed by atoms with Gasteiger partial charge in [-0.1, -0.05) is 24.3 Å². The van der Waals surface area contributed by atoms with Gasteiger partial charge in [0.2, 0.25) is 0 Å². The van der Waals surface area contributed by atoms with Crippen molar-refractivity contribution in [1.29, 1.82) is 0 Å². The minimum Gasteiger partial charge on any atom is -0.349 e. The van der Waals surface area contributed by atoms with Gasteiger partial charge in [-0.15, -0.1) is 0 Å². The maximum Gasteiger partial charge on any atom is 0.252 e. The monoisotopic (exact) mass is 243 g/mol. The number of halogens is 1. The van der Waals surface area contributed by atoms with Crippen LogP contribution in [-0.2, 0) is 0 Å². The van der Waals surface area contributed by atoms with Crippen LogP contribution in [0.25, 0.3) is 10.8 Å². The second kappa shape index (κ2) is 4.41. The summed E-state index contributed by atoms with van der Waals surface area (Å²) in [6, 6.07) is 10.3. The lowest BCUT2D eigenvalue weighted by atomic mass is 9.92. The number of rotatable bonds is 2. The van der Waals surface area contributed by atoms with Crippen molar-refractivity contribution in [2.24, 2.45) is 0 Å². The Labute approximate surface area is 105 Å². The number of carbonyl (C=O) groups is 1. The van der Waals surface area contributed by atoms with Crippen molar-refractivity contribution in [2.45, 2.75) is 25.3 Å². The Morgan fingerprint density at radius 1 is 1.11 bits per heavy atom. The summed E-state index contributed by atoms with van der Waals surface area (Å²) in [5.41, 5.74) is 0.555. The lowest BCUT2D eigenvalue weighted by Gasteiger charge is -2.26. The zero-order valence-corrected chi connectivity index (χ0v) is 9.95. The van der Waals surface area contributed by atoms with Crippen LogP contribution in [0.4, 0.5) is 4.39 Å². The molecular weight excluding hydrogens is 229 g/mol. The number of hydrogen-bond donors (Lipinski definition) is 1. The normalized spacial score (nSPS) is 15.4. The summed E-state index contributed by atoms with van der Waals surface area (Å²) in [5.74, 6) is -0.387. The molecule has 0 saturated heterocycles. The highest BCUT2D eigenvalue weighted by Crippen LogP contribution is 2.23. The summed E-state index contributed by atoms with van der Waals surface area (Å²) >= 11 is 0. The van der Waals surface area contributed by atoms with E-state index in [2.05, 4.69) is 5.32 Å². The fourth-order valence-electron chi connectivity index (χ4n) is 2.28. The van der Waals surface area contributed by atoms with Crippen molar-refractivity contribution < 1.29 is 9.18 Å². The highest BCUT2D eigenvalue weighted by molar-refractivity contribution is 6.07. The lowest BCUT2D eigenvalue weighted by molar-refractivity contribution is 0.0918. The molecule has 92 valence electrons. The zero-order valence-electron chi connectivity index (χ0n) is 9.95. The molecule has 3 heteroatoms. The number of hydrogen-bond acceptors (Lipinski definition) is 1. The minimum absolute atomic E-state index is 0.101. The summed E-state index contributed by atoms with van der Waals surface area (Å²) in [6.45, 7) is 0. The first-order chi connectivity index (χ1) is 8.75. The number of carbonyl (C=O) groups excluding carboxylic acids is 1. The van der Waals surface area contributed by atoms with Crippen molar-refractivity contribution in [2.75, 3.05) is 0 Å². The van der Waals surface area contributed by atoms with Crippen LogP contribution >= 0.6 is 0 Å². The predicted octanol–water partition coefficient (Wildman–Crippen LogP) is 3.26. The Bertz CT molecular complexity index is 604.